The lowest BCUT2D eigenvalue weighted by atomic mass is 9.92. The predicted octanol–water partition coefficient (Wildman–Crippen LogP) is 3.96. The average Bonchev–Trinajstić information content (AvgIpc) is 3.58. The fraction of sp³-hybridized carbons (Fsp3) is 0.455. The number of halogens is 1. The van der Waals surface area contributed by atoms with E-state index in [0.29, 0.717) is 52.9 Å². The highest BCUT2D eigenvalue weighted by atomic mass is 19.1. The number of nitriles is 1. The van der Waals surface area contributed by atoms with Crippen LogP contribution in [0.4, 0.5) is 16.0 Å². The lowest BCUT2D eigenvalue weighted by molar-refractivity contribution is -0.136. The van der Waals surface area contributed by atoms with Crippen LogP contribution in [0.3, 0.4) is 0 Å². The number of hydrogen-bond acceptors (Lipinski definition) is 12. The van der Waals surface area contributed by atoms with Crippen LogP contribution in [0.15, 0.2) is 55.0 Å². The van der Waals surface area contributed by atoms with Crippen molar-refractivity contribution in [3.05, 3.63) is 83.1 Å². The number of carbonyl (C=O) groups is 4. The monoisotopic (exact) mass is 814 g/mol. The summed E-state index contributed by atoms with van der Waals surface area (Å²) in [6, 6.07) is 11.9. The molecule has 4 aliphatic heterocycles. The Balaban J connectivity index is 0.702. The van der Waals surface area contributed by atoms with E-state index >= 15 is 4.39 Å². The minimum atomic E-state index is -0.732. The number of piperazine rings is 1. The molecule has 16 heteroatoms. The molecule has 1 atom stereocenters. The van der Waals surface area contributed by atoms with Crippen molar-refractivity contribution in [3.63, 3.8) is 0 Å². The molecule has 9 rings (SSSR count). The van der Waals surface area contributed by atoms with Gasteiger partial charge in [-0.1, -0.05) is 0 Å². The number of carbonyl (C=O) groups excluding carboxylic acids is 4. The summed E-state index contributed by atoms with van der Waals surface area (Å²) < 4.78 is 21.8. The zero-order valence-electron chi connectivity index (χ0n) is 33.3. The Morgan fingerprint density at radius 2 is 1.68 bits per heavy atom. The molecule has 2 aromatic carbocycles. The van der Waals surface area contributed by atoms with Crippen LogP contribution in [-0.2, 0) is 16.1 Å². The maximum absolute atomic E-state index is 15.4. The summed E-state index contributed by atoms with van der Waals surface area (Å²) in [6.45, 7) is 5.76. The van der Waals surface area contributed by atoms with Gasteiger partial charge in [0.25, 0.3) is 11.8 Å². The van der Waals surface area contributed by atoms with Crippen molar-refractivity contribution in [2.75, 3.05) is 55.6 Å². The molecular weight excluding hydrogens is 768 g/mol. The smallest absolute Gasteiger partial charge is 0.255 e. The van der Waals surface area contributed by atoms with E-state index in [1.807, 2.05) is 23.1 Å². The number of piperidine rings is 2. The third kappa shape index (κ3) is 8.05. The topological polar surface area (TPSA) is 177 Å². The van der Waals surface area contributed by atoms with Crippen molar-refractivity contribution < 1.29 is 28.3 Å². The second-order valence-corrected chi connectivity index (χ2v) is 16.5. The maximum atomic E-state index is 15.4. The average molecular weight is 815 g/mol. The highest BCUT2D eigenvalue weighted by Crippen LogP contribution is 2.34. The van der Waals surface area contributed by atoms with Crippen molar-refractivity contribution in [1.29, 1.82) is 5.26 Å². The van der Waals surface area contributed by atoms with Gasteiger partial charge in [0.15, 0.2) is 0 Å². The molecule has 2 N–H and O–H groups in total. The number of anilines is 2. The maximum Gasteiger partial charge on any atom is 0.255 e. The van der Waals surface area contributed by atoms with Gasteiger partial charge in [-0.15, -0.1) is 0 Å². The molecule has 1 saturated carbocycles. The fourth-order valence-corrected chi connectivity index (χ4v) is 9.39. The standard InChI is InChI=1S/C44H47FN10O5/c45-35-21-34-29(26-55(43(34)59)36-8-10-39(56)51-42(36)58)20-37(35)53-18-16-52(17-19-53)25-27-11-14-54(15-12-27)44-48-23-30(24-49-44)41(57)50-31-4-6-32(7-5-31)60-38-9-3-28(22-46)40-33(38)2-1-13-47-40/h1-3,9,13,20-21,23-24,27,31-32,36H,4-8,10-12,14-19,25-26H2,(H,50,57)(H,51,56,58). The molecule has 1 aliphatic carbocycles. The first-order valence-corrected chi connectivity index (χ1v) is 21.0. The number of pyridine rings is 1. The molecule has 15 nitrogen and oxygen atoms in total. The van der Waals surface area contributed by atoms with E-state index < -0.39 is 17.8 Å². The van der Waals surface area contributed by atoms with E-state index in [2.05, 4.69) is 41.5 Å². The number of aromatic nitrogens is 3. The summed E-state index contributed by atoms with van der Waals surface area (Å²) in [5, 5.41) is 15.7. The first kappa shape index (κ1) is 39.3. The van der Waals surface area contributed by atoms with Crippen molar-refractivity contribution in [2.45, 2.75) is 76.1 Å². The van der Waals surface area contributed by atoms with Crippen LogP contribution >= 0.6 is 0 Å². The van der Waals surface area contributed by atoms with Gasteiger partial charge in [-0.25, -0.2) is 14.4 Å². The quantitative estimate of drug-likeness (QED) is 0.233. The number of imide groups is 1. The van der Waals surface area contributed by atoms with Gasteiger partial charge < -0.3 is 24.8 Å². The first-order valence-electron chi connectivity index (χ1n) is 21.0. The van der Waals surface area contributed by atoms with Crippen molar-refractivity contribution >= 4 is 46.2 Å². The molecule has 4 fully saturated rings. The molecule has 60 heavy (non-hydrogen) atoms. The molecule has 3 saturated heterocycles. The second-order valence-electron chi connectivity index (χ2n) is 16.5. The summed E-state index contributed by atoms with van der Waals surface area (Å²) in [6.07, 6.45) is 10.5. The van der Waals surface area contributed by atoms with Gasteiger partial charge in [0.1, 0.15) is 23.7 Å². The van der Waals surface area contributed by atoms with Crippen LogP contribution in [0.2, 0.25) is 0 Å². The van der Waals surface area contributed by atoms with Gasteiger partial charge in [0, 0.05) is 94.4 Å². The number of benzene rings is 2. The van der Waals surface area contributed by atoms with Crippen LogP contribution in [0.1, 0.15) is 83.2 Å². The van der Waals surface area contributed by atoms with Crippen LogP contribution in [-0.4, -0.2) is 112 Å². The van der Waals surface area contributed by atoms with Gasteiger partial charge in [0.2, 0.25) is 17.8 Å². The van der Waals surface area contributed by atoms with Gasteiger partial charge in [0.05, 0.1) is 28.4 Å². The molecule has 4 aromatic rings. The molecule has 0 radical (unpaired) electrons. The Hall–Kier alpha value is -6.21. The van der Waals surface area contributed by atoms with Gasteiger partial charge in [-0.2, -0.15) is 5.26 Å². The molecule has 5 aliphatic rings. The summed E-state index contributed by atoms with van der Waals surface area (Å²) in [4.78, 5) is 71.9. The lowest BCUT2D eigenvalue weighted by Gasteiger charge is -2.39. The highest BCUT2D eigenvalue weighted by molar-refractivity contribution is 6.05. The first-order chi connectivity index (χ1) is 29.2. The van der Waals surface area contributed by atoms with Crippen LogP contribution in [0.5, 0.6) is 5.75 Å². The number of ether oxygens (including phenoxy) is 1. The molecule has 4 amide bonds. The lowest BCUT2D eigenvalue weighted by Crippen LogP contribution is -2.52. The van der Waals surface area contributed by atoms with Gasteiger partial charge in [-0.05, 0) is 92.8 Å². The Kier molecular flexibility index (Phi) is 11.0. The summed E-state index contributed by atoms with van der Waals surface area (Å²) >= 11 is 0. The molecule has 2 aromatic heterocycles. The largest absolute Gasteiger partial charge is 0.490 e. The molecule has 0 bridgehead atoms. The van der Waals surface area contributed by atoms with Crippen LogP contribution < -0.4 is 25.2 Å². The van der Waals surface area contributed by atoms with E-state index in [1.54, 1.807) is 30.7 Å². The molecule has 6 heterocycles. The van der Waals surface area contributed by atoms with Crippen LogP contribution in [0, 0.1) is 23.1 Å². The van der Waals surface area contributed by atoms with Crippen molar-refractivity contribution in [3.8, 4) is 11.8 Å². The number of rotatable bonds is 9. The van der Waals surface area contributed by atoms with E-state index in [-0.39, 0.29) is 54.8 Å². The molecular formula is C44H47FN10O5. The van der Waals surface area contributed by atoms with Gasteiger partial charge >= 0.3 is 0 Å². The SMILES string of the molecule is N#Cc1ccc(OC2CCC(NC(=O)c3cnc(N4CCC(CN5CCN(c6cc7c(cc6F)C(=O)N(C6CCC(=O)NC6=O)C7)CC5)CC4)nc3)CC2)c2cccnc12. The Labute approximate surface area is 346 Å². The number of fused-ring (bicyclic) bond motifs is 2. The third-order valence-electron chi connectivity index (χ3n) is 12.8. The predicted molar refractivity (Wildman–Crippen MR) is 219 cm³/mol. The number of nitrogens with one attached hydrogen (secondary N) is 2. The van der Waals surface area contributed by atoms with Crippen molar-refractivity contribution in [2.24, 2.45) is 5.92 Å². The number of hydrogen-bond donors (Lipinski definition) is 2. The summed E-state index contributed by atoms with van der Waals surface area (Å²) in [5.41, 5.74) is 3.05. The number of nitrogens with zero attached hydrogens (tertiary/aromatic N) is 8. The normalized spacial score (nSPS) is 22.7. The van der Waals surface area contributed by atoms with Crippen LogP contribution in [0.25, 0.3) is 10.9 Å². The third-order valence-corrected chi connectivity index (χ3v) is 12.8. The molecule has 0 spiro atoms. The zero-order valence-corrected chi connectivity index (χ0v) is 33.3. The minimum absolute atomic E-state index is 0.0116. The Morgan fingerprint density at radius 1 is 0.917 bits per heavy atom. The van der Waals surface area contributed by atoms with Gasteiger partial charge in [-0.3, -0.25) is 34.4 Å². The zero-order chi connectivity index (χ0) is 41.3. The molecule has 1 unspecified atom stereocenters. The van der Waals surface area contributed by atoms with E-state index in [4.69, 9.17) is 4.74 Å². The second kappa shape index (κ2) is 16.8. The number of amides is 4. The summed E-state index contributed by atoms with van der Waals surface area (Å²) in [5.74, 6) is 0.0379. The van der Waals surface area contributed by atoms with Crippen molar-refractivity contribution in [1.82, 2.24) is 35.4 Å². The molecule has 310 valence electrons. The Morgan fingerprint density at radius 3 is 2.42 bits per heavy atom. The van der Waals surface area contributed by atoms with E-state index in [1.165, 1.54) is 11.0 Å². The minimum Gasteiger partial charge on any atom is -0.490 e. The Bertz CT molecular complexity index is 2350. The van der Waals surface area contributed by atoms with E-state index in [0.717, 1.165) is 82.4 Å². The highest BCUT2D eigenvalue weighted by Gasteiger charge is 2.40. The fourth-order valence-electron chi connectivity index (χ4n) is 9.39. The summed E-state index contributed by atoms with van der Waals surface area (Å²) in [7, 11) is 0. The van der Waals surface area contributed by atoms with E-state index in [9.17, 15) is 24.4 Å².